The Kier molecular flexibility index (Phi) is 16.7. The lowest BCUT2D eigenvalue weighted by molar-refractivity contribution is 0.669. The van der Waals surface area contributed by atoms with Crippen molar-refractivity contribution in [2.24, 2.45) is 0 Å². The summed E-state index contributed by atoms with van der Waals surface area (Å²) in [6, 6.07) is 145. The molecule has 592 valence electrons. The van der Waals surface area contributed by atoms with Gasteiger partial charge in [-0.3, -0.25) is 0 Å². The van der Waals surface area contributed by atoms with E-state index in [1.165, 1.54) is 111 Å². The van der Waals surface area contributed by atoms with E-state index in [-0.39, 0.29) is 0 Å². The number of aromatic nitrogens is 9. The van der Waals surface area contributed by atoms with Crippen LogP contribution in [0.4, 0.5) is 0 Å². The minimum Gasteiger partial charge on any atom is -0.455 e. The molecule has 0 saturated carbocycles. The Bertz CT molecular complexity index is 9180. The summed E-state index contributed by atoms with van der Waals surface area (Å²) in [6.07, 6.45) is 0. The molecule has 27 rings (SSSR count). The quantitative estimate of drug-likeness (QED) is 0.127. The molecule has 0 N–H and O–H groups in total. The lowest BCUT2D eigenvalue weighted by Gasteiger charge is -2.14. The third kappa shape index (κ3) is 11.9. The molecule has 0 radical (unpaired) electrons. The van der Waals surface area contributed by atoms with Gasteiger partial charge in [0.25, 0.3) is 0 Å². The third-order valence-corrected chi connectivity index (χ3v) is 28.5. The van der Waals surface area contributed by atoms with Gasteiger partial charge in [0.05, 0.1) is 38.7 Å². The van der Waals surface area contributed by atoms with E-state index in [0.29, 0.717) is 34.9 Å². The molecule has 0 aliphatic rings. The summed E-state index contributed by atoms with van der Waals surface area (Å²) in [7, 11) is 0. The average molecular weight is 1680 g/mol. The molecule has 127 heavy (non-hydrogen) atoms. The number of benzene rings is 18. The van der Waals surface area contributed by atoms with Crippen molar-refractivity contribution in [3.63, 3.8) is 0 Å². The standard InChI is InChI=1S/C63H37N5S2.C51H30N4OS/c1-3-16-38(17-4-1)61-64-62(48-25-15-24-46-45-22-9-13-28-56(45)70-60(46)48)66-63(65-61)51-36-42(37-58-59(51)47-23-10-14-29-57(47)69-58)68-53-27-12-8-21-44(53)50-35-40(31-33-55(50)68)39-30-32-54-49(34-39)43-20-7-11-26-52(43)67(54)41-18-5-2-6-19-41;1-3-14-31(15-4-1)33-26-27-43-40(28-33)35-18-7-10-23-42(35)55(43)34-29-41(47-38-20-9-12-25-45(38)57-46(47)30-34)51-53-49(32-16-5-2-6-17-32)52-50(54-51)39-22-13-21-37-36-19-8-11-24-44(36)56-48(37)39/h1-37H;1-30H. The van der Waals surface area contributed by atoms with Crippen LogP contribution in [0, 0.1) is 0 Å². The largest absolute Gasteiger partial charge is 0.455 e. The minimum absolute atomic E-state index is 0.562. The first kappa shape index (κ1) is 72.5. The third-order valence-electron chi connectivity index (χ3n) is 25.0. The Labute approximate surface area is 738 Å². The molecular formula is C114H67N9OS3. The molecule has 27 aromatic rings. The summed E-state index contributed by atoms with van der Waals surface area (Å²) < 4.78 is 20.9. The molecule has 0 aliphatic carbocycles. The van der Waals surface area contributed by atoms with Crippen molar-refractivity contribution in [1.82, 2.24) is 43.6 Å². The van der Waals surface area contributed by atoms with Crippen molar-refractivity contribution in [3.8, 4) is 108 Å². The zero-order valence-electron chi connectivity index (χ0n) is 67.8. The van der Waals surface area contributed by atoms with Gasteiger partial charge in [-0.05, 0) is 150 Å². The van der Waals surface area contributed by atoms with Crippen LogP contribution in [0.3, 0.4) is 0 Å². The smallest absolute Gasteiger partial charge is 0.167 e. The number of furan rings is 1. The van der Waals surface area contributed by atoms with Crippen molar-refractivity contribution in [1.29, 1.82) is 0 Å². The number of rotatable bonds is 11. The summed E-state index contributed by atoms with van der Waals surface area (Å²) in [4.78, 5) is 31.9. The van der Waals surface area contributed by atoms with Crippen molar-refractivity contribution in [2.75, 3.05) is 0 Å². The Balaban J connectivity index is 0.000000138. The van der Waals surface area contributed by atoms with Crippen LogP contribution in [0.5, 0.6) is 0 Å². The topological polar surface area (TPSA) is 105 Å². The van der Waals surface area contributed by atoms with E-state index in [0.717, 1.165) is 110 Å². The van der Waals surface area contributed by atoms with E-state index in [2.05, 4.69) is 359 Å². The van der Waals surface area contributed by atoms with E-state index < -0.39 is 0 Å². The maximum Gasteiger partial charge on any atom is 0.167 e. The Hall–Kier alpha value is -16.2. The number of thiophene rings is 3. The molecule has 0 fully saturated rings. The first-order valence-corrected chi connectivity index (χ1v) is 45.0. The van der Waals surface area contributed by atoms with Gasteiger partial charge in [-0.2, -0.15) is 0 Å². The number of nitrogens with zero attached hydrogens (tertiary/aromatic N) is 9. The molecule has 18 aromatic carbocycles. The van der Waals surface area contributed by atoms with Crippen LogP contribution in [0.25, 0.3) is 256 Å². The Morgan fingerprint density at radius 2 is 0.535 bits per heavy atom. The summed E-state index contributed by atoms with van der Waals surface area (Å²) in [5.41, 5.74) is 22.1. The van der Waals surface area contributed by atoms with Crippen LogP contribution >= 0.6 is 34.0 Å². The van der Waals surface area contributed by atoms with Gasteiger partial charge in [-0.25, -0.2) is 29.9 Å². The van der Waals surface area contributed by atoms with Crippen LogP contribution in [-0.4, -0.2) is 43.6 Å². The summed E-state index contributed by atoms with van der Waals surface area (Å²) in [5.74, 6) is 3.72. The molecular weight excluding hydrogens is 1610 g/mol. The highest BCUT2D eigenvalue weighted by molar-refractivity contribution is 7.27. The van der Waals surface area contributed by atoms with Gasteiger partial charge < -0.3 is 18.1 Å². The predicted molar refractivity (Wildman–Crippen MR) is 532 cm³/mol. The summed E-state index contributed by atoms with van der Waals surface area (Å²) >= 11 is 5.41. The van der Waals surface area contributed by atoms with Crippen molar-refractivity contribution >= 4 is 182 Å². The highest BCUT2D eigenvalue weighted by atomic mass is 32.1. The number of fused-ring (bicyclic) bond motifs is 21. The van der Waals surface area contributed by atoms with Crippen molar-refractivity contribution < 1.29 is 4.42 Å². The van der Waals surface area contributed by atoms with Gasteiger partial charge >= 0.3 is 0 Å². The highest BCUT2D eigenvalue weighted by Crippen LogP contribution is 2.49. The molecule has 0 aliphatic heterocycles. The predicted octanol–water partition coefficient (Wildman–Crippen LogP) is 31.4. The molecule has 10 nitrogen and oxygen atoms in total. The van der Waals surface area contributed by atoms with Gasteiger partial charge in [0.15, 0.2) is 34.9 Å². The van der Waals surface area contributed by atoms with Crippen LogP contribution in [-0.2, 0) is 0 Å². The number of para-hydroxylation sites is 6. The maximum atomic E-state index is 6.53. The van der Waals surface area contributed by atoms with Gasteiger partial charge in [-0.15, -0.1) is 34.0 Å². The average Bonchev–Trinajstić information content (AvgIpc) is 1.58. The fraction of sp³-hybridized carbons (Fsp3) is 0. The second-order valence-electron chi connectivity index (χ2n) is 32.3. The van der Waals surface area contributed by atoms with Crippen LogP contribution in [0.15, 0.2) is 411 Å². The molecule has 9 heterocycles. The van der Waals surface area contributed by atoms with Crippen LogP contribution < -0.4 is 0 Å². The lowest BCUT2D eigenvalue weighted by atomic mass is 10.0. The molecule has 0 amide bonds. The van der Waals surface area contributed by atoms with E-state index in [9.17, 15) is 0 Å². The summed E-state index contributed by atoms with van der Waals surface area (Å²) in [6.45, 7) is 0. The fourth-order valence-electron chi connectivity index (χ4n) is 19.3. The molecule has 13 heteroatoms. The first-order chi connectivity index (χ1) is 62.9. The zero-order valence-corrected chi connectivity index (χ0v) is 70.3. The number of hydrogen-bond donors (Lipinski definition) is 0. The van der Waals surface area contributed by atoms with E-state index in [1.54, 1.807) is 22.7 Å². The Morgan fingerprint density at radius 3 is 1.03 bits per heavy atom. The molecule has 0 spiro atoms. The second-order valence-corrected chi connectivity index (χ2v) is 35.5. The van der Waals surface area contributed by atoms with E-state index in [4.69, 9.17) is 34.3 Å². The maximum absolute atomic E-state index is 6.53. The normalized spacial score (nSPS) is 11.9. The monoisotopic (exact) mass is 1670 g/mol. The van der Waals surface area contributed by atoms with Gasteiger partial charge in [0.2, 0.25) is 0 Å². The van der Waals surface area contributed by atoms with E-state index >= 15 is 0 Å². The van der Waals surface area contributed by atoms with Crippen molar-refractivity contribution in [2.45, 2.75) is 0 Å². The Morgan fingerprint density at radius 1 is 0.189 bits per heavy atom. The SMILES string of the molecule is c1ccc(-c2ccc3c(c2)c2ccccc2n3-c2cc(-c3nc(-c4ccccc4)nc(-c4cccc5c4oc4ccccc45)n3)c3c(c2)sc2ccccc23)cc1.c1ccc(-c2nc(-c3cccc4c3sc3ccccc34)nc(-c3cc(-n4c5ccccc5c5cc(-c6ccc7c(c6)c6ccccc6n7-c6ccccc6)ccc54)cc4sc5ccccc5c34)n2)cc1. The lowest BCUT2D eigenvalue weighted by Crippen LogP contribution is -2.02. The number of hydrogen-bond acceptors (Lipinski definition) is 10. The van der Waals surface area contributed by atoms with Gasteiger partial charge in [-0.1, -0.05) is 279 Å². The van der Waals surface area contributed by atoms with Crippen molar-refractivity contribution in [3.05, 3.63) is 406 Å². The fourth-order valence-corrected chi connectivity index (χ4v) is 22.8. The molecule has 0 saturated heterocycles. The minimum atomic E-state index is 0.562. The van der Waals surface area contributed by atoms with Gasteiger partial charge in [0, 0.05) is 148 Å². The molecule has 0 unspecified atom stereocenters. The van der Waals surface area contributed by atoms with Gasteiger partial charge in [0.1, 0.15) is 11.2 Å². The van der Waals surface area contributed by atoms with Crippen LogP contribution in [0.1, 0.15) is 0 Å². The highest BCUT2D eigenvalue weighted by Gasteiger charge is 2.27. The molecule has 9 aromatic heterocycles. The first-order valence-electron chi connectivity index (χ1n) is 42.5. The molecule has 0 atom stereocenters. The summed E-state index contributed by atoms with van der Waals surface area (Å²) in [5, 5.41) is 16.5. The molecule has 0 bridgehead atoms. The second kappa shape index (κ2) is 29.3. The van der Waals surface area contributed by atoms with E-state index in [1.807, 2.05) is 72.0 Å². The van der Waals surface area contributed by atoms with Crippen LogP contribution in [0.2, 0.25) is 0 Å². The zero-order chi connectivity index (χ0) is 83.3.